The van der Waals surface area contributed by atoms with E-state index in [-0.39, 0.29) is 30.3 Å². The highest BCUT2D eigenvalue weighted by molar-refractivity contribution is 7.91. The Hall–Kier alpha value is -1.52. The molecule has 1 fully saturated rings. The van der Waals surface area contributed by atoms with Gasteiger partial charge in [0.05, 0.1) is 11.5 Å². The van der Waals surface area contributed by atoms with Crippen LogP contribution in [-0.2, 0) is 9.84 Å². The molecule has 124 valence electrons. The van der Waals surface area contributed by atoms with Crippen molar-refractivity contribution >= 4 is 15.5 Å². The van der Waals surface area contributed by atoms with E-state index in [0.717, 1.165) is 12.1 Å². The number of aliphatic hydroxyl groups excluding tert-OH is 1. The summed E-state index contributed by atoms with van der Waals surface area (Å²) in [5, 5.41) is 12.6. The SMILES string of the molecule is O=S1(=O)CCN(C(O)Nc2ccc(OC(F)(F)F)cc2)CC1. The average Bonchev–Trinajstić information content (AvgIpc) is 2.39. The number of anilines is 1. The minimum atomic E-state index is -4.76. The molecule has 22 heavy (non-hydrogen) atoms. The number of rotatable bonds is 4. The molecule has 0 saturated carbocycles. The van der Waals surface area contributed by atoms with Crippen molar-refractivity contribution < 1.29 is 31.4 Å². The van der Waals surface area contributed by atoms with E-state index in [4.69, 9.17) is 0 Å². The Morgan fingerprint density at radius 3 is 2.23 bits per heavy atom. The molecule has 2 N–H and O–H groups in total. The second-order valence-corrected chi connectivity index (χ2v) is 7.08. The van der Waals surface area contributed by atoms with Gasteiger partial charge in [-0.15, -0.1) is 13.2 Å². The fraction of sp³-hybridized carbons (Fsp3) is 0.500. The van der Waals surface area contributed by atoms with Gasteiger partial charge in [-0.25, -0.2) is 8.42 Å². The molecule has 0 bridgehead atoms. The largest absolute Gasteiger partial charge is 0.573 e. The monoisotopic (exact) mass is 340 g/mol. The van der Waals surface area contributed by atoms with Crippen LogP contribution in [0.3, 0.4) is 0 Å². The Morgan fingerprint density at radius 2 is 1.73 bits per heavy atom. The van der Waals surface area contributed by atoms with Crippen LogP contribution >= 0.6 is 0 Å². The van der Waals surface area contributed by atoms with Gasteiger partial charge in [0.1, 0.15) is 5.75 Å². The molecule has 6 nitrogen and oxygen atoms in total. The van der Waals surface area contributed by atoms with Crippen molar-refractivity contribution in [3.05, 3.63) is 24.3 Å². The van der Waals surface area contributed by atoms with Crippen LogP contribution < -0.4 is 10.1 Å². The molecule has 1 aliphatic rings. The van der Waals surface area contributed by atoms with E-state index >= 15 is 0 Å². The summed E-state index contributed by atoms with van der Waals surface area (Å²) >= 11 is 0. The van der Waals surface area contributed by atoms with E-state index < -0.39 is 22.6 Å². The van der Waals surface area contributed by atoms with E-state index in [1.54, 1.807) is 0 Å². The van der Waals surface area contributed by atoms with Crippen LogP contribution in [0, 0.1) is 0 Å². The zero-order valence-corrected chi connectivity index (χ0v) is 12.2. The second kappa shape index (κ2) is 6.31. The number of nitrogens with one attached hydrogen (secondary N) is 1. The van der Waals surface area contributed by atoms with Crippen LogP contribution in [0.4, 0.5) is 18.9 Å². The standard InChI is InChI=1S/C12H15F3N2O4S/c13-12(14,15)21-10-3-1-9(2-4-10)16-11(18)17-5-7-22(19,20)8-6-17/h1-4,11,16,18H,5-8H2. The molecule has 10 heteroatoms. The molecule has 0 radical (unpaired) electrons. The zero-order chi connectivity index (χ0) is 16.4. The Morgan fingerprint density at radius 1 is 1.18 bits per heavy atom. The molecule has 0 spiro atoms. The van der Waals surface area contributed by atoms with Gasteiger partial charge in [0.2, 0.25) is 0 Å². The Kier molecular flexibility index (Phi) is 4.83. The van der Waals surface area contributed by atoms with Crippen LogP contribution in [-0.4, -0.2) is 55.7 Å². The first-order valence-corrected chi connectivity index (χ1v) is 8.22. The third-order valence-corrected chi connectivity index (χ3v) is 4.72. The minimum Gasteiger partial charge on any atom is -0.406 e. The molecule has 0 aromatic heterocycles. The summed E-state index contributed by atoms with van der Waals surface area (Å²) in [4.78, 5) is 1.53. The minimum absolute atomic E-state index is 0.0376. The highest BCUT2D eigenvalue weighted by Crippen LogP contribution is 2.24. The molecule has 1 aromatic rings. The van der Waals surface area contributed by atoms with Gasteiger partial charge in [0, 0.05) is 18.8 Å². The third kappa shape index (κ3) is 5.04. The lowest BCUT2D eigenvalue weighted by molar-refractivity contribution is -0.274. The van der Waals surface area contributed by atoms with Gasteiger partial charge < -0.3 is 15.2 Å². The molecule has 1 aromatic carbocycles. The lowest BCUT2D eigenvalue weighted by atomic mass is 10.3. The van der Waals surface area contributed by atoms with Crippen molar-refractivity contribution in [2.24, 2.45) is 0 Å². The van der Waals surface area contributed by atoms with Crippen LogP contribution in [0.1, 0.15) is 0 Å². The Labute approximate surface area is 125 Å². The predicted octanol–water partition coefficient (Wildman–Crippen LogP) is 1.00. The van der Waals surface area contributed by atoms with Gasteiger partial charge >= 0.3 is 6.36 Å². The zero-order valence-electron chi connectivity index (χ0n) is 11.4. The first kappa shape index (κ1) is 16.8. The third-order valence-electron chi connectivity index (χ3n) is 3.11. The maximum absolute atomic E-state index is 12.0. The number of alkyl halides is 3. The fourth-order valence-electron chi connectivity index (χ4n) is 1.96. The van der Waals surface area contributed by atoms with E-state index in [9.17, 15) is 26.7 Å². The van der Waals surface area contributed by atoms with Crippen LogP contribution in [0.25, 0.3) is 0 Å². The maximum Gasteiger partial charge on any atom is 0.573 e. The number of sulfone groups is 1. The smallest absolute Gasteiger partial charge is 0.406 e. The summed E-state index contributed by atoms with van der Waals surface area (Å²) in [7, 11) is -3.05. The van der Waals surface area contributed by atoms with Gasteiger partial charge in [-0.1, -0.05) is 0 Å². The van der Waals surface area contributed by atoms with Gasteiger partial charge in [-0.3, -0.25) is 4.90 Å². The van der Waals surface area contributed by atoms with Crippen molar-refractivity contribution in [2.45, 2.75) is 12.7 Å². The van der Waals surface area contributed by atoms with Crippen molar-refractivity contribution in [2.75, 3.05) is 29.9 Å². The molecule has 2 rings (SSSR count). The summed E-state index contributed by atoms with van der Waals surface area (Å²) in [6.07, 6.45) is -5.88. The number of aliphatic hydroxyl groups is 1. The quantitative estimate of drug-likeness (QED) is 0.797. The van der Waals surface area contributed by atoms with Crippen LogP contribution in [0.5, 0.6) is 5.75 Å². The number of ether oxygens (including phenoxy) is 1. The van der Waals surface area contributed by atoms with Gasteiger partial charge in [0.25, 0.3) is 0 Å². The van der Waals surface area contributed by atoms with Crippen LogP contribution in [0.15, 0.2) is 24.3 Å². The molecule has 0 aliphatic carbocycles. The molecule has 1 aliphatic heterocycles. The molecular formula is C12H15F3N2O4S. The first-order valence-electron chi connectivity index (χ1n) is 6.39. The summed E-state index contributed by atoms with van der Waals surface area (Å²) in [5.41, 5.74) is 0.385. The summed E-state index contributed by atoms with van der Waals surface area (Å²) < 4.78 is 62.4. The highest BCUT2D eigenvalue weighted by atomic mass is 32.2. The molecule has 1 unspecified atom stereocenters. The number of benzene rings is 1. The second-order valence-electron chi connectivity index (χ2n) is 4.78. The predicted molar refractivity (Wildman–Crippen MR) is 73.0 cm³/mol. The van der Waals surface area contributed by atoms with Crippen molar-refractivity contribution in [1.29, 1.82) is 0 Å². The van der Waals surface area contributed by atoms with Crippen molar-refractivity contribution in [1.82, 2.24) is 4.90 Å². The molecule has 1 heterocycles. The number of halogens is 3. The average molecular weight is 340 g/mol. The Bertz CT molecular complexity index is 590. The molecule has 1 atom stereocenters. The van der Waals surface area contributed by atoms with Gasteiger partial charge in [0.15, 0.2) is 16.2 Å². The summed E-state index contributed by atoms with van der Waals surface area (Å²) in [6, 6.07) is 4.88. The van der Waals surface area contributed by atoms with Gasteiger partial charge in [-0.2, -0.15) is 0 Å². The first-order chi connectivity index (χ1) is 10.1. The topological polar surface area (TPSA) is 78.9 Å². The van der Waals surface area contributed by atoms with E-state index in [1.165, 1.54) is 17.0 Å². The van der Waals surface area contributed by atoms with Crippen LogP contribution in [0.2, 0.25) is 0 Å². The maximum atomic E-state index is 12.0. The molecule has 0 amide bonds. The molecular weight excluding hydrogens is 325 g/mol. The van der Waals surface area contributed by atoms with Crippen molar-refractivity contribution in [3.63, 3.8) is 0 Å². The summed E-state index contributed by atoms with van der Waals surface area (Å²) in [6.45, 7) is 0.373. The van der Waals surface area contributed by atoms with E-state index in [2.05, 4.69) is 10.1 Å². The number of hydrogen-bond acceptors (Lipinski definition) is 6. The lowest BCUT2D eigenvalue weighted by Gasteiger charge is -2.31. The summed E-state index contributed by atoms with van der Waals surface area (Å²) in [5.74, 6) is -0.439. The van der Waals surface area contributed by atoms with Gasteiger partial charge in [-0.05, 0) is 24.3 Å². The van der Waals surface area contributed by atoms with E-state index in [1.807, 2.05) is 0 Å². The lowest BCUT2D eigenvalue weighted by Crippen LogP contribution is -2.49. The molecule has 1 saturated heterocycles. The number of hydrogen-bond donors (Lipinski definition) is 2. The number of nitrogens with zero attached hydrogens (tertiary/aromatic N) is 1. The Balaban J connectivity index is 1.90. The fourth-order valence-corrected chi connectivity index (χ4v) is 3.19. The normalized spacial score (nSPS) is 20.4. The highest BCUT2D eigenvalue weighted by Gasteiger charge is 2.31. The van der Waals surface area contributed by atoms with Crippen molar-refractivity contribution in [3.8, 4) is 5.75 Å². The van der Waals surface area contributed by atoms with E-state index in [0.29, 0.717) is 5.69 Å².